The second-order valence-corrected chi connectivity index (χ2v) is 6.90. The predicted molar refractivity (Wildman–Crippen MR) is 92.4 cm³/mol. The highest BCUT2D eigenvalue weighted by Gasteiger charge is 2.28. The van der Waals surface area contributed by atoms with Gasteiger partial charge in [0.2, 0.25) is 5.91 Å². The summed E-state index contributed by atoms with van der Waals surface area (Å²) in [5, 5.41) is 14.7. The number of carbonyl (C=O) groups excluding carboxylic acids is 1. The van der Waals surface area contributed by atoms with E-state index in [2.05, 4.69) is 23.3 Å². The Labute approximate surface area is 137 Å². The summed E-state index contributed by atoms with van der Waals surface area (Å²) in [6.07, 6.45) is 8.31. The second kappa shape index (κ2) is 6.75. The molecule has 1 aromatic heterocycles. The van der Waals surface area contributed by atoms with Crippen molar-refractivity contribution in [3.05, 3.63) is 35.5 Å². The molecule has 3 N–H and O–H groups in total. The fourth-order valence-electron chi connectivity index (χ4n) is 3.65. The van der Waals surface area contributed by atoms with Crippen molar-refractivity contribution in [2.75, 3.05) is 6.54 Å². The average Bonchev–Trinajstić information content (AvgIpc) is 2.80. The highest BCUT2D eigenvalue weighted by atomic mass is 16.3. The zero-order valence-corrected chi connectivity index (χ0v) is 13.8. The molecule has 1 fully saturated rings. The summed E-state index contributed by atoms with van der Waals surface area (Å²) < 4.78 is 0. The summed E-state index contributed by atoms with van der Waals surface area (Å²) in [4.78, 5) is 15.5. The first kappa shape index (κ1) is 16.1. The quantitative estimate of drug-likeness (QED) is 0.759. The molecule has 23 heavy (non-hydrogen) atoms. The van der Waals surface area contributed by atoms with Crippen LogP contribution in [-0.4, -0.2) is 28.1 Å². The molecule has 0 aliphatic heterocycles. The van der Waals surface area contributed by atoms with E-state index in [0.29, 0.717) is 13.0 Å². The summed E-state index contributed by atoms with van der Waals surface area (Å²) in [5.41, 5.74) is 2.54. The van der Waals surface area contributed by atoms with Gasteiger partial charge >= 0.3 is 0 Å². The molecule has 1 aliphatic rings. The normalized spacial score (nSPS) is 17.8. The molecule has 1 amide bonds. The van der Waals surface area contributed by atoms with Crippen molar-refractivity contribution < 1.29 is 9.90 Å². The van der Waals surface area contributed by atoms with Gasteiger partial charge in [-0.2, -0.15) is 0 Å². The zero-order chi connectivity index (χ0) is 16.3. The standard InChI is InChI=1S/C19H26N2O2/c1-14-7-6-8-16-18(14)15(12-20-16)11-17(22)21-13-19(23)9-4-2-3-5-10-19/h6-8,12,20,23H,2-5,9-11,13H2,1H3,(H,21,22). The van der Waals surface area contributed by atoms with Crippen molar-refractivity contribution >= 4 is 16.8 Å². The van der Waals surface area contributed by atoms with Gasteiger partial charge in [-0.05, 0) is 37.0 Å². The van der Waals surface area contributed by atoms with Gasteiger partial charge in [-0.25, -0.2) is 0 Å². The van der Waals surface area contributed by atoms with Gasteiger partial charge in [0.15, 0.2) is 0 Å². The van der Waals surface area contributed by atoms with Crippen LogP contribution in [-0.2, 0) is 11.2 Å². The van der Waals surface area contributed by atoms with Gasteiger partial charge in [-0.1, -0.05) is 37.8 Å². The van der Waals surface area contributed by atoms with Gasteiger partial charge in [-0.3, -0.25) is 4.79 Å². The first-order valence-corrected chi connectivity index (χ1v) is 8.62. The third kappa shape index (κ3) is 3.75. The summed E-state index contributed by atoms with van der Waals surface area (Å²) in [5.74, 6) is -0.0215. The minimum Gasteiger partial charge on any atom is -0.388 e. The summed E-state index contributed by atoms with van der Waals surface area (Å²) in [6.45, 7) is 2.43. The Kier molecular flexibility index (Phi) is 4.71. The third-order valence-corrected chi connectivity index (χ3v) is 5.00. The Balaban J connectivity index is 1.62. The molecule has 0 bridgehead atoms. The Morgan fingerprint density at radius 3 is 2.74 bits per heavy atom. The molecule has 1 saturated carbocycles. The van der Waals surface area contributed by atoms with Crippen molar-refractivity contribution in [3.63, 3.8) is 0 Å². The maximum atomic E-state index is 12.3. The maximum Gasteiger partial charge on any atom is 0.224 e. The number of hydrogen-bond donors (Lipinski definition) is 3. The van der Waals surface area contributed by atoms with E-state index in [9.17, 15) is 9.90 Å². The van der Waals surface area contributed by atoms with E-state index in [-0.39, 0.29) is 5.91 Å². The van der Waals surface area contributed by atoms with E-state index in [4.69, 9.17) is 0 Å². The lowest BCUT2D eigenvalue weighted by Crippen LogP contribution is -2.43. The number of H-pyrrole nitrogens is 1. The van der Waals surface area contributed by atoms with Crippen LogP contribution in [0.5, 0.6) is 0 Å². The largest absolute Gasteiger partial charge is 0.388 e. The summed E-state index contributed by atoms with van der Waals surface area (Å²) in [6, 6.07) is 6.10. The smallest absolute Gasteiger partial charge is 0.224 e. The predicted octanol–water partition coefficient (Wildman–Crippen LogP) is 3.22. The van der Waals surface area contributed by atoms with Gasteiger partial charge in [0.25, 0.3) is 0 Å². The monoisotopic (exact) mass is 314 g/mol. The van der Waals surface area contributed by atoms with Gasteiger partial charge in [0.05, 0.1) is 12.0 Å². The van der Waals surface area contributed by atoms with Crippen LogP contribution in [0.3, 0.4) is 0 Å². The van der Waals surface area contributed by atoms with E-state index < -0.39 is 5.60 Å². The molecule has 0 radical (unpaired) electrons. The van der Waals surface area contributed by atoms with Crippen LogP contribution in [0.2, 0.25) is 0 Å². The molecule has 124 valence electrons. The molecule has 0 atom stereocenters. The van der Waals surface area contributed by atoms with Gasteiger partial charge in [0.1, 0.15) is 0 Å². The Morgan fingerprint density at radius 1 is 1.26 bits per heavy atom. The first-order valence-electron chi connectivity index (χ1n) is 8.62. The van der Waals surface area contributed by atoms with E-state index in [1.165, 1.54) is 18.4 Å². The molecule has 1 aliphatic carbocycles. The molecular weight excluding hydrogens is 288 g/mol. The lowest BCUT2D eigenvalue weighted by Gasteiger charge is -2.26. The van der Waals surface area contributed by atoms with Crippen LogP contribution in [0, 0.1) is 6.92 Å². The molecule has 1 aromatic carbocycles. The molecule has 0 unspecified atom stereocenters. The summed E-state index contributed by atoms with van der Waals surface area (Å²) in [7, 11) is 0. The van der Waals surface area contributed by atoms with Crippen molar-refractivity contribution in [1.29, 1.82) is 0 Å². The molecule has 1 heterocycles. The maximum absolute atomic E-state index is 12.3. The minimum absolute atomic E-state index is 0.0215. The Morgan fingerprint density at radius 2 is 2.00 bits per heavy atom. The van der Waals surface area contributed by atoms with Crippen LogP contribution in [0.25, 0.3) is 10.9 Å². The fourth-order valence-corrected chi connectivity index (χ4v) is 3.65. The van der Waals surface area contributed by atoms with Crippen molar-refractivity contribution in [1.82, 2.24) is 10.3 Å². The van der Waals surface area contributed by atoms with E-state index >= 15 is 0 Å². The number of aromatic nitrogens is 1. The number of benzene rings is 1. The topological polar surface area (TPSA) is 65.1 Å². The number of fused-ring (bicyclic) bond motifs is 1. The van der Waals surface area contributed by atoms with Crippen LogP contribution >= 0.6 is 0 Å². The van der Waals surface area contributed by atoms with Crippen molar-refractivity contribution in [2.24, 2.45) is 0 Å². The van der Waals surface area contributed by atoms with E-state index in [1.807, 2.05) is 18.3 Å². The van der Waals surface area contributed by atoms with Gasteiger partial charge in [0, 0.05) is 23.6 Å². The molecule has 4 nitrogen and oxygen atoms in total. The second-order valence-electron chi connectivity index (χ2n) is 6.90. The van der Waals surface area contributed by atoms with E-state index in [1.54, 1.807) is 0 Å². The fraction of sp³-hybridized carbons (Fsp3) is 0.526. The number of nitrogens with one attached hydrogen (secondary N) is 2. The Hall–Kier alpha value is -1.81. The van der Waals surface area contributed by atoms with Crippen LogP contribution < -0.4 is 5.32 Å². The molecule has 0 saturated heterocycles. The number of hydrogen-bond acceptors (Lipinski definition) is 2. The molecule has 4 heteroatoms. The van der Waals surface area contributed by atoms with Gasteiger partial charge < -0.3 is 15.4 Å². The summed E-state index contributed by atoms with van der Waals surface area (Å²) >= 11 is 0. The number of aryl methyl sites for hydroxylation is 1. The highest BCUT2D eigenvalue weighted by Crippen LogP contribution is 2.26. The lowest BCUT2D eigenvalue weighted by molar-refractivity contribution is -0.121. The molecule has 3 rings (SSSR count). The number of amides is 1. The molecule has 0 spiro atoms. The first-order chi connectivity index (χ1) is 11.1. The molecule has 2 aromatic rings. The van der Waals surface area contributed by atoms with Crippen molar-refractivity contribution in [3.8, 4) is 0 Å². The number of carbonyl (C=O) groups is 1. The van der Waals surface area contributed by atoms with Crippen molar-refractivity contribution in [2.45, 2.75) is 57.5 Å². The van der Waals surface area contributed by atoms with Crippen LogP contribution in [0.1, 0.15) is 49.7 Å². The zero-order valence-electron chi connectivity index (χ0n) is 13.8. The Bertz CT molecular complexity index is 682. The van der Waals surface area contributed by atoms with E-state index in [0.717, 1.165) is 42.1 Å². The number of rotatable bonds is 4. The average molecular weight is 314 g/mol. The van der Waals surface area contributed by atoms with Crippen LogP contribution in [0.15, 0.2) is 24.4 Å². The SMILES string of the molecule is Cc1cccc2[nH]cc(CC(=O)NCC3(O)CCCCCC3)c12. The van der Waals surface area contributed by atoms with Crippen LogP contribution in [0.4, 0.5) is 0 Å². The highest BCUT2D eigenvalue weighted by molar-refractivity contribution is 5.91. The number of aliphatic hydroxyl groups is 1. The lowest BCUT2D eigenvalue weighted by atomic mass is 9.94. The minimum atomic E-state index is -0.720. The number of aromatic amines is 1. The van der Waals surface area contributed by atoms with Gasteiger partial charge in [-0.15, -0.1) is 0 Å². The molecular formula is C19H26N2O2. The third-order valence-electron chi connectivity index (χ3n) is 5.00.